The van der Waals surface area contributed by atoms with Gasteiger partial charge in [-0.15, -0.1) is 11.3 Å². The van der Waals surface area contributed by atoms with Crippen molar-refractivity contribution in [1.29, 1.82) is 0 Å². The summed E-state index contributed by atoms with van der Waals surface area (Å²) in [6.45, 7) is 0. The lowest BCUT2D eigenvalue weighted by molar-refractivity contribution is 0.0766. The topological polar surface area (TPSA) is 112 Å². The Morgan fingerprint density at radius 3 is 2.67 bits per heavy atom. The van der Waals surface area contributed by atoms with E-state index in [2.05, 4.69) is 26.1 Å². The number of nitrogens with one attached hydrogen (secondary N) is 1. The molecule has 11 heteroatoms. The molecule has 126 valence electrons. The Morgan fingerprint density at radius 2 is 2.12 bits per heavy atom. The van der Waals surface area contributed by atoms with Crippen molar-refractivity contribution in [2.45, 2.75) is 5.66 Å². The average Bonchev–Trinajstić information content (AvgIpc) is 3.15. The number of primary amides is 1. The zero-order valence-electron chi connectivity index (χ0n) is 11.6. The molecule has 1 aromatic carbocycles. The molecule has 2 heterocycles. The van der Waals surface area contributed by atoms with Crippen molar-refractivity contribution >= 4 is 51.6 Å². The summed E-state index contributed by atoms with van der Waals surface area (Å²) < 4.78 is 28.6. The largest absolute Gasteiger partial charge is 0.366 e. The third-order valence-corrected chi connectivity index (χ3v) is 6.60. The van der Waals surface area contributed by atoms with Gasteiger partial charge in [-0.2, -0.15) is 13.9 Å². The molecule has 0 saturated carbocycles. The number of carbonyl (C=O) groups is 1. The summed E-state index contributed by atoms with van der Waals surface area (Å²) in [4.78, 5) is 29.1. The molecule has 0 fully saturated rings. The van der Waals surface area contributed by atoms with Crippen LogP contribution in [0.5, 0.6) is 0 Å². The number of nitrogens with zero attached hydrogens (tertiary/aromatic N) is 1. The normalized spacial score (nSPS) is 12.2. The number of H-pyrrole nitrogens is 1. The molecule has 0 aliphatic rings. The van der Waals surface area contributed by atoms with Crippen LogP contribution < -0.4 is 5.73 Å². The predicted molar refractivity (Wildman–Crippen MR) is 90.9 cm³/mol. The molecule has 3 aromatic rings. The van der Waals surface area contributed by atoms with Crippen LogP contribution >= 0.6 is 35.6 Å². The van der Waals surface area contributed by atoms with Crippen LogP contribution in [0.2, 0.25) is 0 Å². The number of nitrogens with two attached hydrogens (primary N) is 1. The van der Waals surface area contributed by atoms with Gasteiger partial charge in [0.2, 0.25) is 14.3 Å². The first kappa shape index (κ1) is 17.4. The number of aromatic nitrogens is 2. The van der Waals surface area contributed by atoms with Gasteiger partial charge in [0.1, 0.15) is 0 Å². The maximum atomic E-state index is 14.1. The Morgan fingerprint density at radius 1 is 1.42 bits per heavy atom. The maximum Gasteiger partial charge on any atom is 0.349 e. The van der Waals surface area contributed by atoms with Crippen molar-refractivity contribution in [2.24, 2.45) is 5.73 Å². The van der Waals surface area contributed by atoms with Gasteiger partial charge in [0.15, 0.2) is 0 Å². The van der Waals surface area contributed by atoms with Gasteiger partial charge in [-0.05, 0) is 34.1 Å². The van der Waals surface area contributed by atoms with E-state index in [4.69, 9.17) is 15.5 Å². The number of amides is 1. The molecule has 24 heavy (non-hydrogen) atoms. The zero-order valence-corrected chi connectivity index (χ0v) is 14.9. The monoisotopic (exact) mass is 435 g/mol. The molecule has 2 aromatic heterocycles. The van der Waals surface area contributed by atoms with Crippen molar-refractivity contribution < 1.29 is 23.4 Å². The van der Waals surface area contributed by atoms with Crippen molar-refractivity contribution in [3.05, 3.63) is 39.3 Å². The Bertz CT molecular complexity index is 930. The fraction of sp³-hybridized carbons (Fsp3) is 0.0769. The van der Waals surface area contributed by atoms with E-state index < -0.39 is 24.8 Å². The van der Waals surface area contributed by atoms with Gasteiger partial charge in [0.05, 0.1) is 10.6 Å². The van der Waals surface area contributed by atoms with Gasteiger partial charge in [-0.1, -0.05) is 0 Å². The number of rotatable bonds is 4. The maximum absolute atomic E-state index is 14.1. The number of hydrogen-bond donors (Lipinski definition) is 4. The molecule has 6 nitrogen and oxygen atoms in total. The molecular weight excluding hydrogens is 427 g/mol. The molecule has 0 aliphatic carbocycles. The van der Waals surface area contributed by atoms with E-state index in [-0.39, 0.29) is 10.0 Å². The minimum atomic E-state index is -3.81. The first-order valence-electron chi connectivity index (χ1n) is 6.35. The number of hydrogen-bond acceptors (Lipinski definition) is 5. The van der Waals surface area contributed by atoms with E-state index in [1.54, 1.807) is 6.07 Å². The molecule has 3 rings (SSSR count). The highest BCUT2D eigenvalue weighted by Gasteiger charge is 2.45. The van der Waals surface area contributed by atoms with Crippen LogP contribution in [-0.4, -0.2) is 25.9 Å². The second-order valence-electron chi connectivity index (χ2n) is 4.81. The van der Waals surface area contributed by atoms with Gasteiger partial charge in [0.25, 0.3) is 0 Å². The molecule has 0 radical (unpaired) electrons. The SMILES string of the molecule is NC(=O)c1cc(-c2ccn[nH]2)c2sc(C(F)(F)P(O)O)c(Br)c2c1. The van der Waals surface area contributed by atoms with Gasteiger partial charge in [0, 0.05) is 31.9 Å². The Balaban J connectivity index is 2.37. The lowest BCUT2D eigenvalue weighted by Gasteiger charge is -2.15. The van der Waals surface area contributed by atoms with E-state index in [0.717, 1.165) is 0 Å². The number of carbonyl (C=O) groups excluding carboxylic acids is 1. The molecule has 0 unspecified atom stereocenters. The minimum Gasteiger partial charge on any atom is -0.366 e. The first-order chi connectivity index (χ1) is 11.2. The summed E-state index contributed by atoms with van der Waals surface area (Å²) in [6, 6.07) is 4.48. The molecule has 0 spiro atoms. The highest BCUT2D eigenvalue weighted by molar-refractivity contribution is 9.10. The second kappa shape index (κ2) is 6.12. The number of thiophene rings is 1. The van der Waals surface area contributed by atoms with Gasteiger partial charge in [-0.25, -0.2) is 0 Å². The Labute approximate surface area is 147 Å². The highest BCUT2D eigenvalue weighted by Crippen LogP contribution is 2.58. The summed E-state index contributed by atoms with van der Waals surface area (Å²) in [5.41, 5.74) is 2.62. The number of fused-ring (bicyclic) bond motifs is 1. The van der Waals surface area contributed by atoms with Crippen LogP contribution in [0, 0.1) is 0 Å². The van der Waals surface area contributed by atoms with Gasteiger partial charge in [-0.3, -0.25) is 9.89 Å². The van der Waals surface area contributed by atoms with Crippen LogP contribution in [0.3, 0.4) is 0 Å². The van der Waals surface area contributed by atoms with Crippen LogP contribution in [0.15, 0.2) is 28.9 Å². The lowest BCUT2D eigenvalue weighted by Crippen LogP contribution is -2.10. The summed E-state index contributed by atoms with van der Waals surface area (Å²) in [7, 11) is -3.51. The van der Waals surface area contributed by atoms with Gasteiger partial charge >= 0.3 is 5.66 Å². The minimum absolute atomic E-state index is 0.00744. The second-order valence-corrected chi connectivity index (χ2v) is 7.77. The molecule has 5 N–H and O–H groups in total. The average molecular weight is 436 g/mol. The fourth-order valence-corrected chi connectivity index (χ4v) is 5.04. The van der Waals surface area contributed by atoms with Crippen LogP contribution in [-0.2, 0) is 5.66 Å². The fourth-order valence-electron chi connectivity index (χ4n) is 2.20. The molecule has 1 amide bonds. The van der Waals surface area contributed by atoms with Crippen molar-refractivity contribution in [1.82, 2.24) is 10.2 Å². The Hall–Kier alpha value is -1.45. The van der Waals surface area contributed by atoms with Crippen LogP contribution in [0.25, 0.3) is 21.3 Å². The Kier molecular flexibility index (Phi) is 4.43. The van der Waals surface area contributed by atoms with Crippen LogP contribution in [0.4, 0.5) is 8.78 Å². The zero-order chi connectivity index (χ0) is 17.6. The molecule has 0 aliphatic heterocycles. The summed E-state index contributed by atoms with van der Waals surface area (Å²) in [5, 5.41) is 6.85. The smallest absolute Gasteiger partial charge is 0.349 e. The first-order valence-corrected chi connectivity index (χ1v) is 9.21. The van der Waals surface area contributed by atoms with Crippen molar-refractivity contribution in [2.75, 3.05) is 0 Å². The number of alkyl halides is 2. The van der Waals surface area contributed by atoms with E-state index in [0.29, 0.717) is 32.7 Å². The third-order valence-electron chi connectivity index (χ3n) is 3.33. The molecular formula is C13H9BrF2N3O3PS. The van der Waals surface area contributed by atoms with E-state index in [1.807, 2.05) is 0 Å². The van der Waals surface area contributed by atoms with E-state index in [1.165, 1.54) is 18.3 Å². The third kappa shape index (κ3) is 2.74. The molecule has 0 saturated heterocycles. The van der Waals surface area contributed by atoms with Gasteiger partial charge < -0.3 is 15.5 Å². The van der Waals surface area contributed by atoms with Crippen LogP contribution in [0.1, 0.15) is 15.2 Å². The summed E-state index contributed by atoms with van der Waals surface area (Å²) in [5.74, 6) is -0.712. The quantitative estimate of drug-likeness (QED) is 0.469. The van der Waals surface area contributed by atoms with Crippen molar-refractivity contribution in [3.8, 4) is 11.3 Å². The number of halogens is 3. The number of aromatic amines is 1. The van der Waals surface area contributed by atoms with E-state index >= 15 is 0 Å². The highest BCUT2D eigenvalue weighted by atomic mass is 79.9. The standard InChI is InChI=1S/C13H9BrF2N3O3PS/c14-9-7-4-5(12(17)20)3-6(8-1-2-18-19-8)10(7)24-11(9)13(15,16)23(21)22/h1-4,21-22H,(H2,17,20)(H,18,19). The van der Waals surface area contributed by atoms with E-state index in [9.17, 15) is 13.6 Å². The summed E-state index contributed by atoms with van der Waals surface area (Å²) in [6.07, 6.45) is 1.48. The van der Waals surface area contributed by atoms with Crippen molar-refractivity contribution in [3.63, 3.8) is 0 Å². The lowest BCUT2D eigenvalue weighted by atomic mass is 10.0. The molecule has 0 bridgehead atoms. The number of benzene rings is 1. The predicted octanol–water partition coefficient (Wildman–Crippen LogP) is 3.50. The summed E-state index contributed by atoms with van der Waals surface area (Å²) >= 11 is 3.78. The molecule has 0 atom stereocenters.